The van der Waals surface area contributed by atoms with Crippen LogP contribution >= 0.6 is 0 Å². The number of nitrogen functional groups attached to an aromatic ring is 2. The van der Waals surface area contributed by atoms with Crippen molar-refractivity contribution in [3.8, 4) is 0 Å². The van der Waals surface area contributed by atoms with E-state index in [1.165, 1.54) is 0 Å². The molecule has 0 spiro atoms. The zero-order valence-electron chi connectivity index (χ0n) is 9.10. The summed E-state index contributed by atoms with van der Waals surface area (Å²) in [4.78, 5) is 1.70. The van der Waals surface area contributed by atoms with E-state index in [9.17, 15) is 13.2 Å². The first-order valence-corrected chi connectivity index (χ1v) is 4.74. The third-order valence-electron chi connectivity index (χ3n) is 2.35. The molecule has 1 aromatic carbocycles. The first-order chi connectivity index (χ1) is 7.27. The minimum Gasteiger partial charge on any atom is -0.397 e. The van der Waals surface area contributed by atoms with Gasteiger partial charge in [0.05, 0.1) is 22.6 Å². The van der Waals surface area contributed by atoms with Gasteiger partial charge >= 0.3 is 6.18 Å². The highest BCUT2D eigenvalue weighted by molar-refractivity contribution is 5.81. The Balaban J connectivity index is 3.28. The maximum Gasteiger partial charge on any atom is 0.416 e. The number of nitrogens with zero attached hydrogens (tertiary/aromatic N) is 1. The number of hydrogen-bond donors (Lipinski definition) is 2. The van der Waals surface area contributed by atoms with Gasteiger partial charge in [-0.05, 0) is 19.1 Å². The van der Waals surface area contributed by atoms with E-state index in [0.29, 0.717) is 12.2 Å². The maximum absolute atomic E-state index is 12.4. The van der Waals surface area contributed by atoms with Crippen molar-refractivity contribution in [1.29, 1.82) is 0 Å². The molecule has 0 aliphatic carbocycles. The van der Waals surface area contributed by atoms with Crippen molar-refractivity contribution in [2.75, 3.05) is 30.0 Å². The fraction of sp³-hybridized carbons (Fsp3) is 0.400. The zero-order valence-corrected chi connectivity index (χ0v) is 9.10. The second kappa shape index (κ2) is 4.11. The molecule has 0 fully saturated rings. The number of benzene rings is 1. The summed E-state index contributed by atoms with van der Waals surface area (Å²) < 4.78 is 37.3. The molecule has 0 amide bonds. The predicted octanol–water partition coefficient (Wildman–Crippen LogP) is 2.33. The van der Waals surface area contributed by atoms with Gasteiger partial charge in [-0.1, -0.05) is 0 Å². The van der Waals surface area contributed by atoms with Crippen molar-refractivity contribution in [2.24, 2.45) is 0 Å². The Morgan fingerprint density at radius 3 is 1.94 bits per heavy atom. The first kappa shape index (κ1) is 12.5. The van der Waals surface area contributed by atoms with Crippen molar-refractivity contribution in [2.45, 2.75) is 13.1 Å². The Bertz CT molecular complexity index is 364. The molecule has 0 aromatic heterocycles. The van der Waals surface area contributed by atoms with Gasteiger partial charge in [-0.3, -0.25) is 0 Å². The van der Waals surface area contributed by atoms with Gasteiger partial charge in [0.2, 0.25) is 0 Å². The summed E-state index contributed by atoms with van der Waals surface area (Å²) in [6.45, 7) is 2.47. The highest BCUT2D eigenvalue weighted by Crippen LogP contribution is 2.37. The minimum atomic E-state index is -4.43. The highest BCUT2D eigenvalue weighted by Gasteiger charge is 2.32. The molecule has 0 saturated heterocycles. The molecule has 0 radical (unpaired) electrons. The Morgan fingerprint density at radius 1 is 1.19 bits per heavy atom. The third-order valence-corrected chi connectivity index (χ3v) is 2.35. The number of rotatable bonds is 2. The van der Waals surface area contributed by atoms with Crippen LogP contribution in [0.1, 0.15) is 12.5 Å². The lowest BCUT2D eigenvalue weighted by Gasteiger charge is -2.22. The van der Waals surface area contributed by atoms with Gasteiger partial charge in [0, 0.05) is 13.6 Å². The van der Waals surface area contributed by atoms with Crippen LogP contribution in [0, 0.1) is 0 Å². The van der Waals surface area contributed by atoms with Gasteiger partial charge in [0.25, 0.3) is 0 Å². The average molecular weight is 233 g/mol. The van der Waals surface area contributed by atoms with E-state index >= 15 is 0 Å². The molecule has 0 aliphatic rings. The molecule has 0 atom stereocenters. The lowest BCUT2D eigenvalue weighted by Crippen LogP contribution is -2.20. The van der Waals surface area contributed by atoms with Crippen molar-refractivity contribution >= 4 is 17.1 Å². The molecule has 3 nitrogen and oxygen atoms in total. The van der Waals surface area contributed by atoms with E-state index in [-0.39, 0.29) is 11.4 Å². The molecule has 0 bridgehead atoms. The summed E-state index contributed by atoms with van der Waals surface area (Å²) in [5.74, 6) is 0. The van der Waals surface area contributed by atoms with E-state index < -0.39 is 11.7 Å². The third kappa shape index (κ3) is 2.32. The van der Waals surface area contributed by atoms with E-state index in [0.717, 1.165) is 12.1 Å². The van der Waals surface area contributed by atoms with Crippen molar-refractivity contribution < 1.29 is 13.2 Å². The Kier molecular flexibility index (Phi) is 3.21. The molecule has 1 rings (SSSR count). The normalized spacial score (nSPS) is 11.6. The Labute approximate surface area is 91.8 Å². The largest absolute Gasteiger partial charge is 0.416 e. The fourth-order valence-electron chi connectivity index (χ4n) is 1.44. The molecule has 4 N–H and O–H groups in total. The Morgan fingerprint density at radius 2 is 1.62 bits per heavy atom. The smallest absolute Gasteiger partial charge is 0.397 e. The van der Waals surface area contributed by atoms with E-state index in [1.54, 1.807) is 11.9 Å². The lowest BCUT2D eigenvalue weighted by molar-refractivity contribution is -0.137. The van der Waals surface area contributed by atoms with Crippen LogP contribution in [0.25, 0.3) is 0 Å². The van der Waals surface area contributed by atoms with Crippen LogP contribution in [0.4, 0.5) is 30.2 Å². The number of halogens is 3. The van der Waals surface area contributed by atoms with Crippen LogP contribution in [0.15, 0.2) is 12.1 Å². The van der Waals surface area contributed by atoms with Gasteiger partial charge in [-0.25, -0.2) is 0 Å². The van der Waals surface area contributed by atoms with Gasteiger partial charge in [-0.15, -0.1) is 0 Å². The molecule has 0 unspecified atom stereocenters. The quantitative estimate of drug-likeness (QED) is 0.771. The van der Waals surface area contributed by atoms with Gasteiger partial charge < -0.3 is 16.4 Å². The molecular formula is C10H14F3N3. The number of hydrogen-bond acceptors (Lipinski definition) is 3. The predicted molar refractivity (Wildman–Crippen MR) is 59.2 cm³/mol. The van der Waals surface area contributed by atoms with Gasteiger partial charge in [0.1, 0.15) is 0 Å². The van der Waals surface area contributed by atoms with E-state index in [2.05, 4.69) is 0 Å². The standard InChI is InChI=1S/C10H14F3N3/c1-3-16(2)9-7(14)4-6(5-8(9)15)10(11,12)13/h4-5H,3,14-15H2,1-2H3. The van der Waals surface area contributed by atoms with E-state index in [4.69, 9.17) is 11.5 Å². The summed E-state index contributed by atoms with van der Waals surface area (Å²) in [5, 5.41) is 0. The van der Waals surface area contributed by atoms with Gasteiger partial charge in [0.15, 0.2) is 0 Å². The van der Waals surface area contributed by atoms with Crippen molar-refractivity contribution in [3.05, 3.63) is 17.7 Å². The average Bonchev–Trinajstić information content (AvgIpc) is 2.14. The maximum atomic E-state index is 12.4. The molecule has 90 valence electrons. The number of anilines is 3. The van der Waals surface area contributed by atoms with Crippen LogP contribution in [0.3, 0.4) is 0 Å². The SMILES string of the molecule is CCN(C)c1c(N)cc(C(F)(F)F)cc1N. The van der Waals surface area contributed by atoms with Crippen LogP contribution in [0.2, 0.25) is 0 Å². The molecule has 0 saturated carbocycles. The molecular weight excluding hydrogens is 219 g/mol. The van der Waals surface area contributed by atoms with Crippen LogP contribution < -0.4 is 16.4 Å². The summed E-state index contributed by atoms with van der Waals surface area (Å²) in [5.41, 5.74) is 10.8. The molecule has 0 aliphatic heterocycles. The summed E-state index contributed by atoms with van der Waals surface area (Å²) in [7, 11) is 1.72. The van der Waals surface area contributed by atoms with Crippen LogP contribution in [-0.4, -0.2) is 13.6 Å². The minimum absolute atomic E-state index is 0.0386. The van der Waals surface area contributed by atoms with Crippen LogP contribution in [0.5, 0.6) is 0 Å². The molecule has 1 aromatic rings. The summed E-state index contributed by atoms with van der Waals surface area (Å²) in [6.07, 6.45) is -4.43. The molecule has 6 heteroatoms. The Hall–Kier alpha value is -1.59. The second-order valence-electron chi connectivity index (χ2n) is 3.52. The summed E-state index contributed by atoms with van der Waals surface area (Å²) in [6, 6.07) is 1.80. The number of alkyl halides is 3. The first-order valence-electron chi connectivity index (χ1n) is 4.74. The highest BCUT2D eigenvalue weighted by atomic mass is 19.4. The summed E-state index contributed by atoms with van der Waals surface area (Å²) >= 11 is 0. The van der Waals surface area contributed by atoms with Crippen molar-refractivity contribution in [1.82, 2.24) is 0 Å². The van der Waals surface area contributed by atoms with E-state index in [1.807, 2.05) is 6.92 Å². The van der Waals surface area contributed by atoms with Crippen molar-refractivity contribution in [3.63, 3.8) is 0 Å². The lowest BCUT2D eigenvalue weighted by atomic mass is 10.1. The monoisotopic (exact) mass is 233 g/mol. The van der Waals surface area contributed by atoms with Crippen LogP contribution in [-0.2, 0) is 6.18 Å². The topological polar surface area (TPSA) is 55.3 Å². The zero-order chi connectivity index (χ0) is 12.5. The molecule has 16 heavy (non-hydrogen) atoms. The second-order valence-corrected chi connectivity index (χ2v) is 3.52. The molecule has 0 heterocycles. The number of nitrogens with two attached hydrogens (primary N) is 2. The van der Waals surface area contributed by atoms with Gasteiger partial charge in [-0.2, -0.15) is 13.2 Å². The fourth-order valence-corrected chi connectivity index (χ4v) is 1.44.